The number of carbonyl (C=O) groups excluding carboxylic acids is 1. The molecule has 0 aliphatic carbocycles. The molecule has 0 bridgehead atoms. The van der Waals surface area contributed by atoms with Crippen LogP contribution < -0.4 is 15.8 Å². The summed E-state index contributed by atoms with van der Waals surface area (Å²) in [6.45, 7) is 0.843. The summed E-state index contributed by atoms with van der Waals surface area (Å²) in [5.74, 6) is 0.0661. The lowest BCUT2D eigenvalue weighted by molar-refractivity contribution is -0.119. The standard InChI is InChI=1S/C13H17N5O3/c14-13(20)9-21-12-3-1-10(2-4-12)15-7-11-8-18(5-6-19)17-16-11/h1-4,8,15,19H,5-7,9H2,(H2,14,20). The summed E-state index contributed by atoms with van der Waals surface area (Å²) in [6.07, 6.45) is 1.77. The van der Waals surface area contributed by atoms with Gasteiger partial charge in [0.15, 0.2) is 6.61 Å². The van der Waals surface area contributed by atoms with Crippen molar-refractivity contribution in [3.05, 3.63) is 36.2 Å². The highest BCUT2D eigenvalue weighted by Gasteiger charge is 2.01. The van der Waals surface area contributed by atoms with Gasteiger partial charge in [0.25, 0.3) is 5.91 Å². The van der Waals surface area contributed by atoms with E-state index in [4.69, 9.17) is 15.6 Å². The fraction of sp³-hybridized carbons (Fsp3) is 0.308. The van der Waals surface area contributed by atoms with E-state index in [2.05, 4.69) is 15.6 Å². The van der Waals surface area contributed by atoms with Crippen LogP contribution >= 0.6 is 0 Å². The number of nitrogens with two attached hydrogens (primary N) is 1. The number of hydrogen-bond acceptors (Lipinski definition) is 6. The SMILES string of the molecule is NC(=O)COc1ccc(NCc2cn(CCO)nn2)cc1. The molecule has 0 radical (unpaired) electrons. The van der Waals surface area contributed by atoms with E-state index in [9.17, 15) is 4.79 Å². The van der Waals surface area contributed by atoms with Crippen LogP contribution in [0.2, 0.25) is 0 Å². The predicted molar refractivity (Wildman–Crippen MR) is 75.6 cm³/mol. The first-order valence-electron chi connectivity index (χ1n) is 6.42. The molecule has 1 aromatic heterocycles. The molecule has 2 rings (SSSR count). The minimum absolute atomic E-state index is 0.0307. The lowest BCUT2D eigenvalue weighted by Crippen LogP contribution is -2.19. The molecule has 21 heavy (non-hydrogen) atoms. The zero-order valence-electron chi connectivity index (χ0n) is 11.4. The van der Waals surface area contributed by atoms with Crippen LogP contribution in [0.4, 0.5) is 5.69 Å². The van der Waals surface area contributed by atoms with E-state index < -0.39 is 5.91 Å². The Labute approximate surface area is 121 Å². The van der Waals surface area contributed by atoms with Gasteiger partial charge < -0.3 is 20.9 Å². The largest absolute Gasteiger partial charge is 0.484 e. The molecule has 8 nitrogen and oxygen atoms in total. The highest BCUT2D eigenvalue weighted by atomic mass is 16.5. The van der Waals surface area contributed by atoms with Crippen molar-refractivity contribution in [2.75, 3.05) is 18.5 Å². The summed E-state index contributed by atoms with van der Waals surface area (Å²) < 4.78 is 6.74. The van der Waals surface area contributed by atoms with Crippen LogP contribution in [-0.4, -0.2) is 39.2 Å². The number of benzene rings is 1. The van der Waals surface area contributed by atoms with Gasteiger partial charge in [0, 0.05) is 5.69 Å². The summed E-state index contributed by atoms with van der Waals surface area (Å²) in [7, 11) is 0. The Morgan fingerprint density at radius 2 is 2.14 bits per heavy atom. The number of carbonyl (C=O) groups is 1. The van der Waals surface area contributed by atoms with Crippen molar-refractivity contribution in [2.45, 2.75) is 13.1 Å². The molecule has 0 unspecified atom stereocenters. The zero-order valence-corrected chi connectivity index (χ0v) is 11.4. The molecule has 0 saturated carbocycles. The number of nitrogens with zero attached hydrogens (tertiary/aromatic N) is 3. The number of nitrogens with one attached hydrogen (secondary N) is 1. The van der Waals surface area contributed by atoms with Crippen molar-refractivity contribution in [3.8, 4) is 5.75 Å². The van der Waals surface area contributed by atoms with Gasteiger partial charge in [0.05, 0.1) is 25.9 Å². The third kappa shape index (κ3) is 4.77. The van der Waals surface area contributed by atoms with E-state index in [1.165, 1.54) is 0 Å². The molecule has 2 aromatic rings. The van der Waals surface area contributed by atoms with Gasteiger partial charge in [0.2, 0.25) is 0 Å². The highest BCUT2D eigenvalue weighted by Crippen LogP contribution is 2.16. The van der Waals surface area contributed by atoms with Crippen molar-refractivity contribution in [1.29, 1.82) is 0 Å². The molecule has 8 heteroatoms. The molecule has 0 atom stereocenters. The number of anilines is 1. The van der Waals surface area contributed by atoms with Crippen LogP contribution in [0.1, 0.15) is 5.69 Å². The maximum atomic E-state index is 10.6. The number of rotatable bonds is 8. The second-order valence-electron chi connectivity index (χ2n) is 4.33. The van der Waals surface area contributed by atoms with Gasteiger partial charge in [-0.15, -0.1) is 5.10 Å². The molecule has 0 saturated heterocycles. The van der Waals surface area contributed by atoms with E-state index in [0.717, 1.165) is 11.4 Å². The fourth-order valence-corrected chi connectivity index (χ4v) is 1.65. The quantitative estimate of drug-likeness (QED) is 0.617. The number of aliphatic hydroxyl groups excluding tert-OH is 1. The normalized spacial score (nSPS) is 10.3. The smallest absolute Gasteiger partial charge is 0.255 e. The van der Waals surface area contributed by atoms with E-state index in [1.807, 2.05) is 12.1 Å². The summed E-state index contributed by atoms with van der Waals surface area (Å²) in [4.78, 5) is 10.6. The molecule has 0 spiro atoms. The molecule has 0 fully saturated rings. The molecule has 1 amide bonds. The van der Waals surface area contributed by atoms with Gasteiger partial charge in [-0.3, -0.25) is 4.79 Å². The fourth-order valence-electron chi connectivity index (χ4n) is 1.65. The topological polar surface area (TPSA) is 115 Å². The van der Waals surface area contributed by atoms with Crippen molar-refractivity contribution in [2.24, 2.45) is 5.73 Å². The van der Waals surface area contributed by atoms with Gasteiger partial charge >= 0.3 is 0 Å². The van der Waals surface area contributed by atoms with Crippen LogP contribution in [0.25, 0.3) is 0 Å². The van der Waals surface area contributed by atoms with Crippen LogP contribution in [-0.2, 0) is 17.9 Å². The number of aliphatic hydroxyl groups is 1. The predicted octanol–water partition coefficient (Wildman–Crippen LogP) is -0.253. The lowest BCUT2D eigenvalue weighted by atomic mass is 10.3. The Hall–Kier alpha value is -2.61. The van der Waals surface area contributed by atoms with E-state index >= 15 is 0 Å². The number of aromatic nitrogens is 3. The molecule has 4 N–H and O–H groups in total. The monoisotopic (exact) mass is 291 g/mol. The van der Waals surface area contributed by atoms with Crippen LogP contribution in [0, 0.1) is 0 Å². The van der Waals surface area contributed by atoms with Crippen LogP contribution in [0.5, 0.6) is 5.75 Å². The highest BCUT2D eigenvalue weighted by molar-refractivity contribution is 5.75. The molecule has 1 heterocycles. The lowest BCUT2D eigenvalue weighted by Gasteiger charge is -2.06. The van der Waals surface area contributed by atoms with Crippen molar-refractivity contribution in [3.63, 3.8) is 0 Å². The maximum absolute atomic E-state index is 10.6. The number of primary amides is 1. The van der Waals surface area contributed by atoms with E-state index in [0.29, 0.717) is 18.8 Å². The Kier molecular flexibility index (Phi) is 5.10. The molecule has 1 aromatic carbocycles. The first kappa shape index (κ1) is 14.8. The molecule has 0 aliphatic rings. The van der Waals surface area contributed by atoms with Crippen molar-refractivity contribution in [1.82, 2.24) is 15.0 Å². The summed E-state index contributed by atoms with van der Waals surface area (Å²) in [6, 6.07) is 7.14. The van der Waals surface area contributed by atoms with Crippen molar-refractivity contribution < 1.29 is 14.6 Å². The maximum Gasteiger partial charge on any atom is 0.255 e. The number of amides is 1. The first-order valence-corrected chi connectivity index (χ1v) is 6.42. The molecule has 0 aliphatic heterocycles. The van der Waals surface area contributed by atoms with E-state index in [1.54, 1.807) is 23.0 Å². The summed E-state index contributed by atoms with van der Waals surface area (Å²) in [5, 5.41) is 19.8. The zero-order chi connectivity index (χ0) is 15.1. The second kappa shape index (κ2) is 7.25. The second-order valence-corrected chi connectivity index (χ2v) is 4.33. The number of hydrogen-bond donors (Lipinski definition) is 3. The minimum atomic E-state index is -0.511. The van der Waals surface area contributed by atoms with Gasteiger partial charge in [-0.05, 0) is 24.3 Å². The Morgan fingerprint density at radius 3 is 2.81 bits per heavy atom. The average Bonchev–Trinajstić information content (AvgIpc) is 2.92. The van der Waals surface area contributed by atoms with Gasteiger partial charge in [-0.2, -0.15) is 0 Å². The van der Waals surface area contributed by atoms with Crippen molar-refractivity contribution >= 4 is 11.6 Å². The summed E-state index contributed by atoms with van der Waals surface area (Å²) >= 11 is 0. The first-order chi connectivity index (χ1) is 10.2. The Morgan fingerprint density at radius 1 is 1.38 bits per heavy atom. The number of ether oxygens (including phenoxy) is 1. The molecular formula is C13H17N5O3. The third-order valence-corrected chi connectivity index (χ3v) is 2.62. The third-order valence-electron chi connectivity index (χ3n) is 2.62. The minimum Gasteiger partial charge on any atom is -0.484 e. The van der Waals surface area contributed by atoms with Crippen LogP contribution in [0.15, 0.2) is 30.5 Å². The Bertz CT molecular complexity index is 582. The van der Waals surface area contributed by atoms with E-state index in [-0.39, 0.29) is 13.2 Å². The van der Waals surface area contributed by atoms with Gasteiger partial charge in [-0.1, -0.05) is 5.21 Å². The van der Waals surface area contributed by atoms with Gasteiger partial charge in [0.1, 0.15) is 11.4 Å². The molecular weight excluding hydrogens is 274 g/mol. The summed E-state index contributed by atoms with van der Waals surface area (Å²) in [5.41, 5.74) is 6.66. The average molecular weight is 291 g/mol. The van der Waals surface area contributed by atoms with Crippen LogP contribution in [0.3, 0.4) is 0 Å². The molecule has 112 valence electrons. The Balaban J connectivity index is 1.83. The van der Waals surface area contributed by atoms with Gasteiger partial charge in [-0.25, -0.2) is 4.68 Å².